The van der Waals surface area contributed by atoms with Gasteiger partial charge in [0.25, 0.3) is 0 Å². The number of halogens is 1. The summed E-state index contributed by atoms with van der Waals surface area (Å²) >= 11 is 0. The van der Waals surface area contributed by atoms with E-state index in [4.69, 9.17) is 5.11 Å². The summed E-state index contributed by atoms with van der Waals surface area (Å²) in [6.45, 7) is 1.41. The molecule has 0 aliphatic carbocycles. The number of rotatable bonds is 1. The third-order valence-electron chi connectivity index (χ3n) is 4.64. The summed E-state index contributed by atoms with van der Waals surface area (Å²) in [5, 5.41) is 8.99. The van der Waals surface area contributed by atoms with Crippen LogP contribution in [-0.4, -0.2) is 41.6 Å². The number of anilines is 1. The van der Waals surface area contributed by atoms with E-state index in [0.717, 1.165) is 6.42 Å². The minimum Gasteiger partial charge on any atom is -0.465 e. The van der Waals surface area contributed by atoms with Gasteiger partial charge in [-0.15, -0.1) is 0 Å². The first kappa shape index (κ1) is 13.9. The Balaban J connectivity index is 1.75. The summed E-state index contributed by atoms with van der Waals surface area (Å²) in [5.74, 6) is -0.283. The lowest BCUT2D eigenvalue weighted by molar-refractivity contribution is -0.127. The van der Waals surface area contributed by atoms with Gasteiger partial charge in [0, 0.05) is 25.3 Å². The van der Waals surface area contributed by atoms with Crippen LogP contribution in [0.4, 0.5) is 14.9 Å². The Kier molecular flexibility index (Phi) is 3.31. The number of hydrogen-bond donors (Lipinski definition) is 1. The van der Waals surface area contributed by atoms with Gasteiger partial charge in [0.15, 0.2) is 0 Å². The molecule has 0 unspecified atom stereocenters. The van der Waals surface area contributed by atoms with Crippen molar-refractivity contribution < 1.29 is 19.1 Å². The fourth-order valence-corrected chi connectivity index (χ4v) is 3.28. The zero-order valence-corrected chi connectivity index (χ0v) is 11.6. The van der Waals surface area contributed by atoms with Crippen LogP contribution < -0.4 is 4.90 Å². The third kappa shape index (κ3) is 2.34. The standard InChI is InChI=1S/C15H17FN2O3/c16-11-1-3-12(4-2-11)18-10-7-15(13(18)19)5-8-17(9-6-15)14(20)21/h1-4H,5-10H2,(H,20,21). The van der Waals surface area contributed by atoms with Crippen LogP contribution in [0.1, 0.15) is 19.3 Å². The Labute approximate surface area is 122 Å². The molecular weight excluding hydrogens is 275 g/mol. The maximum Gasteiger partial charge on any atom is 0.407 e. The Bertz CT molecular complexity index is 565. The van der Waals surface area contributed by atoms with E-state index in [1.807, 2.05) is 0 Å². The van der Waals surface area contributed by atoms with Crippen molar-refractivity contribution in [2.45, 2.75) is 19.3 Å². The lowest BCUT2D eigenvalue weighted by atomic mass is 9.77. The molecule has 2 heterocycles. The number of hydrogen-bond acceptors (Lipinski definition) is 2. The highest BCUT2D eigenvalue weighted by Crippen LogP contribution is 2.43. The van der Waals surface area contributed by atoms with Crippen LogP contribution in [0, 0.1) is 11.2 Å². The molecule has 0 saturated carbocycles. The van der Waals surface area contributed by atoms with Crippen molar-refractivity contribution in [3.63, 3.8) is 0 Å². The van der Waals surface area contributed by atoms with Gasteiger partial charge in [0.1, 0.15) is 5.82 Å². The topological polar surface area (TPSA) is 60.9 Å². The fourth-order valence-electron chi connectivity index (χ4n) is 3.28. The lowest BCUT2D eigenvalue weighted by Gasteiger charge is -2.36. The summed E-state index contributed by atoms with van der Waals surface area (Å²) in [6.07, 6.45) is 0.938. The van der Waals surface area contributed by atoms with E-state index >= 15 is 0 Å². The van der Waals surface area contributed by atoms with Gasteiger partial charge in [-0.05, 0) is 43.5 Å². The first-order valence-electron chi connectivity index (χ1n) is 7.07. The second-order valence-corrected chi connectivity index (χ2v) is 5.73. The number of amides is 2. The highest BCUT2D eigenvalue weighted by atomic mass is 19.1. The molecule has 0 radical (unpaired) electrons. The maximum absolute atomic E-state index is 13.0. The first-order valence-corrected chi connectivity index (χ1v) is 7.07. The lowest BCUT2D eigenvalue weighted by Crippen LogP contribution is -2.46. The van der Waals surface area contributed by atoms with E-state index < -0.39 is 11.5 Å². The molecule has 2 fully saturated rings. The Morgan fingerprint density at radius 2 is 1.67 bits per heavy atom. The summed E-state index contributed by atoms with van der Waals surface area (Å²) in [6, 6.07) is 5.92. The van der Waals surface area contributed by atoms with Gasteiger partial charge in [-0.1, -0.05) is 0 Å². The smallest absolute Gasteiger partial charge is 0.407 e. The molecule has 1 N–H and O–H groups in total. The molecule has 0 aromatic heterocycles. The van der Waals surface area contributed by atoms with Gasteiger partial charge >= 0.3 is 6.09 Å². The summed E-state index contributed by atoms with van der Waals surface area (Å²) in [4.78, 5) is 26.7. The molecular formula is C15H17FN2O3. The number of likely N-dealkylation sites (tertiary alicyclic amines) is 1. The average molecular weight is 292 g/mol. The molecule has 21 heavy (non-hydrogen) atoms. The number of nitrogens with zero attached hydrogens (tertiary/aromatic N) is 2. The van der Waals surface area contributed by atoms with E-state index in [1.54, 1.807) is 17.0 Å². The Hall–Kier alpha value is -2.11. The monoisotopic (exact) mass is 292 g/mol. The molecule has 0 bridgehead atoms. The molecule has 2 aliphatic heterocycles. The van der Waals surface area contributed by atoms with Gasteiger partial charge in [-0.25, -0.2) is 9.18 Å². The molecule has 2 aliphatic rings. The molecule has 112 valence electrons. The second-order valence-electron chi connectivity index (χ2n) is 5.73. The fraction of sp³-hybridized carbons (Fsp3) is 0.467. The molecule has 1 aromatic rings. The van der Waals surface area contributed by atoms with Gasteiger partial charge in [-0.3, -0.25) is 4.79 Å². The average Bonchev–Trinajstić information content (AvgIpc) is 2.78. The number of carbonyl (C=O) groups is 2. The van der Waals surface area contributed by atoms with Crippen LogP contribution >= 0.6 is 0 Å². The van der Waals surface area contributed by atoms with E-state index in [2.05, 4.69) is 0 Å². The van der Waals surface area contributed by atoms with Crippen LogP contribution in [0.5, 0.6) is 0 Å². The molecule has 1 aromatic carbocycles. The summed E-state index contributed by atoms with van der Waals surface area (Å²) in [5.41, 5.74) is 0.263. The van der Waals surface area contributed by atoms with Crippen LogP contribution in [0.3, 0.4) is 0 Å². The van der Waals surface area contributed by atoms with Crippen molar-refractivity contribution in [2.24, 2.45) is 5.41 Å². The number of carboxylic acid groups (broad SMARTS) is 1. The van der Waals surface area contributed by atoms with Crippen LogP contribution in [-0.2, 0) is 4.79 Å². The second kappa shape index (κ2) is 5.02. The minimum absolute atomic E-state index is 0.0409. The van der Waals surface area contributed by atoms with Crippen molar-refractivity contribution in [1.82, 2.24) is 4.90 Å². The molecule has 1 spiro atoms. The predicted molar refractivity (Wildman–Crippen MR) is 74.6 cm³/mol. The molecule has 6 heteroatoms. The van der Waals surface area contributed by atoms with Crippen molar-refractivity contribution in [1.29, 1.82) is 0 Å². The third-order valence-corrected chi connectivity index (χ3v) is 4.64. The molecule has 2 saturated heterocycles. The Morgan fingerprint density at radius 3 is 2.24 bits per heavy atom. The SMILES string of the molecule is O=C(O)N1CCC2(CC1)CCN(c1ccc(F)cc1)C2=O. The van der Waals surface area contributed by atoms with Gasteiger partial charge in [0.2, 0.25) is 5.91 Å². The van der Waals surface area contributed by atoms with E-state index in [9.17, 15) is 14.0 Å². The van der Waals surface area contributed by atoms with Gasteiger partial charge in [0.05, 0.1) is 5.41 Å². The van der Waals surface area contributed by atoms with Gasteiger partial charge in [-0.2, -0.15) is 0 Å². The van der Waals surface area contributed by atoms with Crippen molar-refractivity contribution >= 4 is 17.7 Å². The zero-order valence-electron chi connectivity index (χ0n) is 11.6. The van der Waals surface area contributed by atoms with Crippen LogP contribution in [0.25, 0.3) is 0 Å². The van der Waals surface area contributed by atoms with Gasteiger partial charge < -0.3 is 14.9 Å². The highest BCUT2D eigenvalue weighted by molar-refractivity contribution is 6.00. The highest BCUT2D eigenvalue weighted by Gasteiger charge is 2.48. The minimum atomic E-state index is -0.925. The van der Waals surface area contributed by atoms with Crippen LogP contribution in [0.15, 0.2) is 24.3 Å². The van der Waals surface area contributed by atoms with E-state index in [0.29, 0.717) is 38.2 Å². The number of benzene rings is 1. The molecule has 2 amide bonds. The Morgan fingerprint density at radius 1 is 1.10 bits per heavy atom. The zero-order chi connectivity index (χ0) is 15.0. The van der Waals surface area contributed by atoms with Crippen molar-refractivity contribution in [2.75, 3.05) is 24.5 Å². The van der Waals surface area contributed by atoms with E-state index in [-0.39, 0.29) is 11.7 Å². The largest absolute Gasteiger partial charge is 0.465 e. The molecule has 5 nitrogen and oxygen atoms in total. The number of carbonyl (C=O) groups excluding carboxylic acids is 1. The summed E-state index contributed by atoms with van der Waals surface area (Å²) in [7, 11) is 0. The van der Waals surface area contributed by atoms with Crippen LogP contribution in [0.2, 0.25) is 0 Å². The predicted octanol–water partition coefficient (Wildman–Crippen LogP) is 2.32. The van der Waals surface area contributed by atoms with Crippen molar-refractivity contribution in [3.8, 4) is 0 Å². The quantitative estimate of drug-likeness (QED) is 0.864. The van der Waals surface area contributed by atoms with E-state index in [1.165, 1.54) is 17.0 Å². The first-order chi connectivity index (χ1) is 10.0. The maximum atomic E-state index is 13.0. The summed E-state index contributed by atoms with van der Waals surface area (Å²) < 4.78 is 13.0. The van der Waals surface area contributed by atoms with Crippen molar-refractivity contribution in [3.05, 3.63) is 30.1 Å². The number of piperidine rings is 1. The molecule has 3 rings (SSSR count). The normalized spacial score (nSPS) is 21.1. The molecule has 0 atom stereocenters.